The number of ether oxygens (including phenoxy) is 2. The molecule has 15 heteroatoms. The minimum absolute atomic E-state index is 0.00487. The van der Waals surface area contributed by atoms with Gasteiger partial charge in [0, 0.05) is 13.1 Å². The fourth-order valence-electron chi connectivity index (χ4n) is 3.22. The third-order valence-corrected chi connectivity index (χ3v) is 4.67. The lowest BCUT2D eigenvalue weighted by Crippen LogP contribution is -2.59. The second kappa shape index (κ2) is 14.6. The van der Waals surface area contributed by atoms with E-state index < -0.39 is 60.6 Å². The molecule has 0 spiro atoms. The molecule has 194 valence electrons. The van der Waals surface area contributed by atoms with Crippen LogP contribution in [0.3, 0.4) is 0 Å². The second-order valence-electron chi connectivity index (χ2n) is 7.14. The standard InChI is InChI=1S/C20H27N3O12/c24-16(25)12-21(13-17(26)27)6-8-34-10-11-35-9-7-22(14-18(28)29)20(19(30)31,23(32)33)15-4-2-1-3-5-15/h1-5H,6-14H2,(H,24,25)(H,26,27)(H,28,29)(H,30,31). The fourth-order valence-corrected chi connectivity index (χ4v) is 3.22. The van der Waals surface area contributed by atoms with Gasteiger partial charge in [0.05, 0.1) is 50.0 Å². The van der Waals surface area contributed by atoms with Crippen LogP contribution in [0.15, 0.2) is 30.3 Å². The van der Waals surface area contributed by atoms with Gasteiger partial charge in [0.1, 0.15) is 6.54 Å². The van der Waals surface area contributed by atoms with Crippen LogP contribution in [0, 0.1) is 10.1 Å². The number of nitrogens with zero attached hydrogens (tertiary/aromatic N) is 3. The average Bonchev–Trinajstić information content (AvgIpc) is 2.74. The Hall–Kier alpha value is -3.66. The summed E-state index contributed by atoms with van der Waals surface area (Å²) in [5.74, 6) is -5.71. The summed E-state index contributed by atoms with van der Waals surface area (Å²) in [6.07, 6.45) is 0. The van der Waals surface area contributed by atoms with Crippen molar-refractivity contribution in [2.75, 3.05) is 59.2 Å². The third kappa shape index (κ3) is 9.24. The van der Waals surface area contributed by atoms with E-state index >= 15 is 0 Å². The van der Waals surface area contributed by atoms with Gasteiger partial charge in [-0.15, -0.1) is 0 Å². The molecule has 0 saturated heterocycles. The summed E-state index contributed by atoms with van der Waals surface area (Å²) >= 11 is 0. The molecule has 1 aromatic rings. The van der Waals surface area contributed by atoms with Gasteiger partial charge in [-0.2, -0.15) is 0 Å². The predicted molar refractivity (Wildman–Crippen MR) is 115 cm³/mol. The van der Waals surface area contributed by atoms with E-state index in [4.69, 9.17) is 19.7 Å². The first-order valence-corrected chi connectivity index (χ1v) is 10.2. The van der Waals surface area contributed by atoms with Gasteiger partial charge in [-0.05, 0) is 12.1 Å². The van der Waals surface area contributed by atoms with E-state index in [9.17, 15) is 39.5 Å². The topological polar surface area (TPSA) is 217 Å². The first kappa shape index (κ1) is 29.4. The number of hydrogen-bond acceptors (Lipinski definition) is 10. The minimum atomic E-state index is -2.85. The molecule has 0 aliphatic carbocycles. The molecule has 0 bridgehead atoms. The van der Waals surface area contributed by atoms with Crippen molar-refractivity contribution in [3.8, 4) is 0 Å². The van der Waals surface area contributed by atoms with Crippen LogP contribution in [0.25, 0.3) is 0 Å². The number of nitro groups is 1. The molecule has 4 N–H and O–H groups in total. The quantitative estimate of drug-likeness (QED) is 0.0781. The Morgan fingerprint density at radius 2 is 1.29 bits per heavy atom. The molecule has 35 heavy (non-hydrogen) atoms. The largest absolute Gasteiger partial charge is 0.480 e. The molecule has 0 radical (unpaired) electrons. The lowest BCUT2D eigenvalue weighted by Gasteiger charge is -2.32. The number of hydrogen-bond donors (Lipinski definition) is 4. The maximum absolute atomic E-state index is 12.1. The van der Waals surface area contributed by atoms with Gasteiger partial charge in [0.15, 0.2) is 0 Å². The molecule has 0 amide bonds. The molecule has 0 aliphatic rings. The summed E-state index contributed by atoms with van der Waals surface area (Å²) in [4.78, 5) is 57.6. The van der Waals surface area contributed by atoms with E-state index in [1.54, 1.807) is 0 Å². The van der Waals surface area contributed by atoms with Gasteiger partial charge in [-0.3, -0.25) is 29.4 Å². The zero-order valence-corrected chi connectivity index (χ0v) is 18.6. The van der Waals surface area contributed by atoms with Crippen LogP contribution in [0.2, 0.25) is 0 Å². The van der Waals surface area contributed by atoms with E-state index in [2.05, 4.69) is 0 Å². The second-order valence-corrected chi connectivity index (χ2v) is 7.14. The summed E-state index contributed by atoms with van der Waals surface area (Å²) in [5.41, 5.74) is -3.08. The first-order valence-electron chi connectivity index (χ1n) is 10.2. The molecule has 0 fully saturated rings. The molecule has 0 aliphatic heterocycles. The monoisotopic (exact) mass is 501 g/mol. The van der Waals surface area contributed by atoms with Crippen LogP contribution < -0.4 is 0 Å². The van der Waals surface area contributed by atoms with Crippen molar-refractivity contribution in [3.63, 3.8) is 0 Å². The minimum Gasteiger partial charge on any atom is -0.480 e. The molecule has 0 heterocycles. The lowest BCUT2D eigenvalue weighted by molar-refractivity contribution is -0.595. The Bertz CT molecular complexity index is 849. The van der Waals surface area contributed by atoms with Crippen molar-refractivity contribution in [3.05, 3.63) is 46.0 Å². The van der Waals surface area contributed by atoms with Gasteiger partial charge < -0.3 is 29.9 Å². The number of benzene rings is 1. The Morgan fingerprint density at radius 3 is 1.71 bits per heavy atom. The lowest BCUT2D eigenvalue weighted by atomic mass is 9.97. The Balaban J connectivity index is 2.68. The third-order valence-electron chi connectivity index (χ3n) is 4.67. The molecule has 0 aromatic heterocycles. The Kier molecular flexibility index (Phi) is 12.2. The highest BCUT2D eigenvalue weighted by molar-refractivity contribution is 5.80. The number of rotatable bonds is 19. The predicted octanol–water partition coefficient (Wildman–Crippen LogP) is -0.908. The maximum Gasteiger partial charge on any atom is 0.404 e. The highest BCUT2D eigenvalue weighted by Crippen LogP contribution is 2.30. The van der Waals surface area contributed by atoms with Gasteiger partial charge in [0.2, 0.25) is 0 Å². The first-order chi connectivity index (χ1) is 16.5. The zero-order chi connectivity index (χ0) is 26.4. The van der Waals surface area contributed by atoms with Crippen LogP contribution in [0.4, 0.5) is 0 Å². The summed E-state index contributed by atoms with van der Waals surface area (Å²) in [5, 5.41) is 48.5. The van der Waals surface area contributed by atoms with Crippen LogP contribution >= 0.6 is 0 Å². The van der Waals surface area contributed by atoms with E-state index in [1.165, 1.54) is 30.3 Å². The summed E-state index contributed by atoms with van der Waals surface area (Å²) in [6, 6.07) is 6.77. The van der Waals surface area contributed by atoms with Crippen molar-refractivity contribution < 1.29 is 54.0 Å². The summed E-state index contributed by atoms with van der Waals surface area (Å²) in [6.45, 7) is -2.55. The Labute approximate surface area is 199 Å². The summed E-state index contributed by atoms with van der Waals surface area (Å²) < 4.78 is 10.5. The number of aliphatic carboxylic acids is 4. The molecule has 15 nitrogen and oxygen atoms in total. The highest BCUT2D eigenvalue weighted by Gasteiger charge is 2.59. The average molecular weight is 501 g/mol. The molecular formula is C20H27N3O12. The van der Waals surface area contributed by atoms with E-state index in [1.807, 2.05) is 0 Å². The molecular weight excluding hydrogens is 474 g/mol. The smallest absolute Gasteiger partial charge is 0.404 e. The van der Waals surface area contributed by atoms with Crippen LogP contribution in [0.1, 0.15) is 5.56 Å². The van der Waals surface area contributed by atoms with Gasteiger partial charge >= 0.3 is 29.5 Å². The van der Waals surface area contributed by atoms with E-state index in [0.717, 1.165) is 4.90 Å². The number of carboxylic acid groups (broad SMARTS) is 4. The van der Waals surface area contributed by atoms with E-state index in [-0.39, 0.29) is 38.5 Å². The van der Waals surface area contributed by atoms with Crippen molar-refractivity contribution in [2.45, 2.75) is 5.66 Å². The van der Waals surface area contributed by atoms with Crippen molar-refractivity contribution in [1.82, 2.24) is 9.80 Å². The van der Waals surface area contributed by atoms with Crippen molar-refractivity contribution in [1.29, 1.82) is 0 Å². The molecule has 0 saturated carbocycles. The van der Waals surface area contributed by atoms with Crippen LogP contribution in [-0.4, -0.2) is 118 Å². The number of carboxylic acids is 4. The molecule has 1 aromatic carbocycles. The van der Waals surface area contributed by atoms with E-state index in [0.29, 0.717) is 4.90 Å². The van der Waals surface area contributed by atoms with Gasteiger partial charge in [0.25, 0.3) is 0 Å². The van der Waals surface area contributed by atoms with Crippen LogP contribution in [0.5, 0.6) is 0 Å². The zero-order valence-electron chi connectivity index (χ0n) is 18.6. The molecule has 1 rings (SSSR count). The fraction of sp³-hybridized carbons (Fsp3) is 0.500. The van der Waals surface area contributed by atoms with Crippen molar-refractivity contribution >= 4 is 23.9 Å². The maximum atomic E-state index is 12.1. The molecule has 1 atom stereocenters. The van der Waals surface area contributed by atoms with Crippen LogP contribution in [-0.2, 0) is 34.3 Å². The normalized spacial score (nSPS) is 12.9. The van der Waals surface area contributed by atoms with Gasteiger partial charge in [-0.1, -0.05) is 18.2 Å². The number of carbonyl (C=O) groups is 4. The highest BCUT2D eigenvalue weighted by atomic mass is 16.6. The van der Waals surface area contributed by atoms with Crippen molar-refractivity contribution in [2.24, 2.45) is 0 Å². The SMILES string of the molecule is O=C(O)CN(CCOCCOCCN(CC(=O)O)C(C(=O)O)(c1ccccc1)[N+](=O)[O-])CC(=O)O. The summed E-state index contributed by atoms with van der Waals surface area (Å²) in [7, 11) is 0. The molecule has 1 unspecified atom stereocenters. The van der Waals surface area contributed by atoms with Gasteiger partial charge in [-0.25, -0.2) is 9.69 Å². The Morgan fingerprint density at radius 1 is 0.800 bits per heavy atom.